The number of alkyl halides is 2. The maximum atomic E-state index is 15.9. The Morgan fingerprint density at radius 2 is 1.76 bits per heavy atom. The van der Waals surface area contributed by atoms with Crippen molar-refractivity contribution in [3.05, 3.63) is 70.2 Å². The molecule has 12 heteroatoms. The number of likely N-dealkylation sites (tertiary alicyclic amines) is 1. The number of halogens is 5. The summed E-state index contributed by atoms with van der Waals surface area (Å²) in [5.41, 5.74) is -0.469. The number of amides is 1. The molecule has 2 aliphatic heterocycles. The minimum Gasteiger partial charge on any atom is -0.444 e. The van der Waals surface area contributed by atoms with Crippen molar-refractivity contribution in [2.45, 2.75) is 63.8 Å². The minimum atomic E-state index is -3.57. The first kappa shape index (κ1) is 30.2. The number of aromatic nitrogens is 1. The molecule has 1 aromatic heterocycles. The van der Waals surface area contributed by atoms with Gasteiger partial charge in [-0.3, -0.25) is 4.90 Å². The molecular formula is C30H34F5N3O4. The molecule has 1 amide bonds. The number of ether oxygens (including phenoxy) is 1. The smallest absolute Gasteiger partial charge is 0.410 e. The standard InChI is InChI=1S/C30H34F5N3O4/c1-15-8-19-18-6-5-7-20(31)24(18)36-25(19)26(38(15)13-30(34,35)14-39)23-21(32)9-16(10-22(23)33)27(40)17-11-37(12-17)28(41)42-29(2,3)4/h5-7,9-10,15,17,26-27,36,39-40H,8,11-14H2,1-4H3/t15-,26-,27?/m0/s1. The van der Waals surface area contributed by atoms with Gasteiger partial charge in [-0.2, -0.15) is 0 Å². The number of nitrogens with one attached hydrogen (secondary N) is 1. The lowest BCUT2D eigenvalue weighted by Crippen LogP contribution is -2.53. The number of fused-ring (bicyclic) bond motifs is 3. The van der Waals surface area contributed by atoms with Gasteiger partial charge in [-0.25, -0.2) is 26.7 Å². The van der Waals surface area contributed by atoms with E-state index in [1.54, 1.807) is 33.8 Å². The highest BCUT2D eigenvalue weighted by Gasteiger charge is 2.44. The highest BCUT2D eigenvalue weighted by Crippen LogP contribution is 2.44. The van der Waals surface area contributed by atoms with E-state index in [1.165, 1.54) is 21.9 Å². The molecule has 3 N–H and O–H groups in total. The molecule has 5 rings (SSSR count). The van der Waals surface area contributed by atoms with Crippen LogP contribution >= 0.6 is 0 Å². The van der Waals surface area contributed by atoms with Crippen molar-refractivity contribution in [2.24, 2.45) is 5.92 Å². The van der Waals surface area contributed by atoms with Crippen LogP contribution in [0.2, 0.25) is 0 Å². The van der Waals surface area contributed by atoms with Crippen LogP contribution in [-0.4, -0.2) is 74.9 Å². The third-order valence-electron chi connectivity index (χ3n) is 7.96. The van der Waals surface area contributed by atoms with Gasteiger partial charge in [-0.15, -0.1) is 0 Å². The quantitative estimate of drug-likeness (QED) is 0.330. The van der Waals surface area contributed by atoms with E-state index in [1.807, 2.05) is 0 Å². The summed E-state index contributed by atoms with van der Waals surface area (Å²) in [6, 6.07) is 4.25. The summed E-state index contributed by atoms with van der Waals surface area (Å²) >= 11 is 0. The summed E-state index contributed by atoms with van der Waals surface area (Å²) in [4.78, 5) is 17.7. The number of aromatic amines is 1. The van der Waals surface area contributed by atoms with Gasteiger partial charge in [0.15, 0.2) is 0 Å². The third kappa shape index (κ3) is 5.59. The van der Waals surface area contributed by atoms with Crippen LogP contribution in [-0.2, 0) is 11.2 Å². The second-order valence-electron chi connectivity index (χ2n) is 12.3. The molecule has 3 atom stereocenters. The number of hydrogen-bond acceptors (Lipinski definition) is 5. The first-order chi connectivity index (χ1) is 19.6. The molecule has 2 aliphatic rings. The normalized spacial score (nSPS) is 20.9. The largest absolute Gasteiger partial charge is 0.444 e. The van der Waals surface area contributed by atoms with Gasteiger partial charge in [-0.05, 0) is 63.4 Å². The van der Waals surface area contributed by atoms with E-state index in [2.05, 4.69) is 4.98 Å². The van der Waals surface area contributed by atoms with Crippen LogP contribution in [0.15, 0.2) is 30.3 Å². The molecule has 3 heterocycles. The van der Waals surface area contributed by atoms with E-state index in [0.29, 0.717) is 10.9 Å². The molecule has 228 valence electrons. The third-order valence-corrected chi connectivity index (χ3v) is 7.96. The van der Waals surface area contributed by atoms with E-state index in [4.69, 9.17) is 4.74 Å². The number of aliphatic hydroxyl groups excluding tert-OH is 2. The maximum Gasteiger partial charge on any atom is 0.410 e. The first-order valence-corrected chi connectivity index (χ1v) is 13.8. The average molecular weight is 596 g/mol. The van der Waals surface area contributed by atoms with Crippen molar-refractivity contribution in [1.82, 2.24) is 14.8 Å². The second-order valence-corrected chi connectivity index (χ2v) is 12.3. The average Bonchev–Trinajstić information content (AvgIpc) is 3.22. The van der Waals surface area contributed by atoms with Crippen LogP contribution in [0.3, 0.4) is 0 Å². The fourth-order valence-corrected chi connectivity index (χ4v) is 5.91. The number of hydrogen-bond donors (Lipinski definition) is 3. The zero-order valence-corrected chi connectivity index (χ0v) is 23.7. The minimum absolute atomic E-state index is 0.0680. The van der Waals surface area contributed by atoms with Crippen LogP contribution in [0.1, 0.15) is 62.2 Å². The van der Waals surface area contributed by atoms with Crippen molar-refractivity contribution >= 4 is 17.0 Å². The summed E-state index contributed by atoms with van der Waals surface area (Å²) in [5.74, 6) is -6.82. The summed E-state index contributed by atoms with van der Waals surface area (Å²) in [6.45, 7) is 4.57. The van der Waals surface area contributed by atoms with Crippen molar-refractivity contribution < 1.29 is 41.7 Å². The topological polar surface area (TPSA) is 89.0 Å². The Morgan fingerprint density at radius 3 is 2.36 bits per heavy atom. The van der Waals surface area contributed by atoms with Crippen LogP contribution in [0.25, 0.3) is 10.9 Å². The zero-order chi connectivity index (χ0) is 30.7. The van der Waals surface area contributed by atoms with E-state index in [9.17, 15) is 28.2 Å². The van der Waals surface area contributed by atoms with Crippen LogP contribution in [0.5, 0.6) is 0 Å². The molecule has 1 saturated heterocycles. The molecule has 1 unspecified atom stereocenters. The second kappa shape index (κ2) is 10.8. The monoisotopic (exact) mass is 595 g/mol. The number of para-hydroxylation sites is 1. The lowest BCUT2D eigenvalue weighted by atomic mass is 9.85. The summed E-state index contributed by atoms with van der Waals surface area (Å²) in [5, 5.41) is 20.6. The molecular weight excluding hydrogens is 561 g/mol. The molecule has 3 aromatic rings. The molecule has 0 spiro atoms. The number of carbonyl (C=O) groups is 1. The predicted octanol–water partition coefficient (Wildman–Crippen LogP) is 5.45. The van der Waals surface area contributed by atoms with Crippen LogP contribution in [0.4, 0.5) is 26.7 Å². The summed E-state index contributed by atoms with van der Waals surface area (Å²) < 4.78 is 80.8. The molecule has 1 fully saturated rings. The van der Waals surface area contributed by atoms with Gasteiger partial charge in [0.05, 0.1) is 24.2 Å². The molecule has 2 aromatic carbocycles. The van der Waals surface area contributed by atoms with Gasteiger partial charge in [0.1, 0.15) is 29.7 Å². The molecule has 0 saturated carbocycles. The van der Waals surface area contributed by atoms with Crippen molar-refractivity contribution in [3.63, 3.8) is 0 Å². The highest BCUT2D eigenvalue weighted by molar-refractivity contribution is 5.86. The van der Waals surface area contributed by atoms with Gasteiger partial charge in [0.2, 0.25) is 0 Å². The van der Waals surface area contributed by atoms with E-state index in [0.717, 1.165) is 12.1 Å². The van der Waals surface area contributed by atoms with E-state index in [-0.39, 0.29) is 36.3 Å². The van der Waals surface area contributed by atoms with Crippen molar-refractivity contribution in [2.75, 3.05) is 26.2 Å². The molecule has 0 aliphatic carbocycles. The number of H-pyrrole nitrogens is 1. The Balaban J connectivity index is 1.50. The van der Waals surface area contributed by atoms with Crippen molar-refractivity contribution in [3.8, 4) is 0 Å². The highest BCUT2D eigenvalue weighted by atomic mass is 19.3. The first-order valence-electron chi connectivity index (χ1n) is 13.8. The SMILES string of the molecule is C[C@H]1Cc2c([nH]c3c(F)cccc23)[C@H](c2c(F)cc(C(O)C3CN(C(=O)OC(C)(C)C)C3)cc2F)N1CC(F)(F)CO. The molecule has 0 radical (unpaired) electrons. The molecule has 42 heavy (non-hydrogen) atoms. The lowest BCUT2D eigenvalue weighted by Gasteiger charge is -2.43. The van der Waals surface area contributed by atoms with Crippen LogP contribution < -0.4 is 0 Å². The zero-order valence-electron chi connectivity index (χ0n) is 23.7. The van der Waals surface area contributed by atoms with Gasteiger partial charge in [0, 0.05) is 41.7 Å². The fraction of sp³-hybridized carbons (Fsp3) is 0.500. The predicted molar refractivity (Wildman–Crippen MR) is 145 cm³/mol. The number of nitrogens with zero attached hydrogens (tertiary/aromatic N) is 2. The summed E-state index contributed by atoms with van der Waals surface area (Å²) in [6.07, 6.45) is -1.66. The Hall–Kier alpha value is -3.22. The Labute approximate surface area is 239 Å². The summed E-state index contributed by atoms with van der Waals surface area (Å²) in [7, 11) is 0. The van der Waals surface area contributed by atoms with Gasteiger partial charge < -0.3 is 24.8 Å². The van der Waals surface area contributed by atoms with Gasteiger partial charge in [-0.1, -0.05) is 12.1 Å². The van der Waals surface area contributed by atoms with Crippen molar-refractivity contribution in [1.29, 1.82) is 0 Å². The molecule has 7 nitrogen and oxygen atoms in total. The number of carbonyl (C=O) groups excluding carboxylic acids is 1. The Bertz CT molecular complexity index is 1480. The van der Waals surface area contributed by atoms with Gasteiger partial charge in [0.25, 0.3) is 5.92 Å². The van der Waals surface area contributed by atoms with E-state index >= 15 is 8.78 Å². The maximum absolute atomic E-state index is 15.9. The number of aliphatic hydroxyl groups is 2. The Morgan fingerprint density at radius 1 is 1.12 bits per heavy atom. The Kier molecular flexibility index (Phi) is 7.78. The van der Waals surface area contributed by atoms with E-state index < -0.39 is 77.9 Å². The fourth-order valence-electron chi connectivity index (χ4n) is 5.91. The lowest BCUT2D eigenvalue weighted by molar-refractivity contribution is -0.0869. The number of benzene rings is 2. The van der Waals surface area contributed by atoms with Gasteiger partial charge >= 0.3 is 6.09 Å². The molecule has 0 bridgehead atoms. The number of rotatable bonds is 6. The van der Waals surface area contributed by atoms with Crippen LogP contribution in [0, 0.1) is 23.4 Å².